The minimum atomic E-state index is 0.00287. The Balaban J connectivity index is 2.33. The molecule has 73 valence electrons. The monoisotopic (exact) mass is 259 g/mol. The molecular weight excluding hydrogens is 252 g/mol. The molecule has 0 bridgehead atoms. The van der Waals surface area contributed by atoms with Crippen molar-refractivity contribution in [1.29, 1.82) is 0 Å². The molecule has 0 spiro atoms. The molecule has 0 fully saturated rings. The number of halogens is 1. The average Bonchev–Trinajstić information content (AvgIpc) is 2.30. The van der Waals surface area contributed by atoms with Gasteiger partial charge in [0.15, 0.2) is 5.78 Å². The summed E-state index contributed by atoms with van der Waals surface area (Å²) in [4.78, 5) is 11.9. The maximum absolute atomic E-state index is 11.9. The van der Waals surface area contributed by atoms with Crippen molar-refractivity contribution in [2.75, 3.05) is 0 Å². The zero-order valence-corrected chi connectivity index (χ0v) is 9.49. The van der Waals surface area contributed by atoms with Crippen molar-refractivity contribution in [3.05, 3.63) is 70.2 Å². The smallest absolute Gasteiger partial charge is 0.193 e. The van der Waals surface area contributed by atoms with Gasteiger partial charge in [-0.1, -0.05) is 40.2 Å². The maximum atomic E-state index is 11.9. The lowest BCUT2D eigenvalue weighted by Gasteiger charge is -2.00. The van der Waals surface area contributed by atoms with Gasteiger partial charge in [0, 0.05) is 15.6 Å². The van der Waals surface area contributed by atoms with Crippen LogP contribution >= 0.6 is 15.9 Å². The van der Waals surface area contributed by atoms with Crippen LogP contribution in [0.1, 0.15) is 15.9 Å². The number of benzene rings is 2. The normalized spacial score (nSPS) is 9.93. The number of carbonyl (C=O) groups excluding carboxylic acids is 1. The quantitative estimate of drug-likeness (QED) is 0.755. The fourth-order valence-corrected chi connectivity index (χ4v) is 1.56. The average molecular weight is 260 g/mol. The van der Waals surface area contributed by atoms with E-state index in [0.717, 1.165) is 4.47 Å². The van der Waals surface area contributed by atoms with Crippen molar-refractivity contribution >= 4 is 21.7 Å². The van der Waals surface area contributed by atoms with Gasteiger partial charge in [-0.25, -0.2) is 0 Å². The van der Waals surface area contributed by atoms with Crippen LogP contribution in [0.3, 0.4) is 0 Å². The highest BCUT2D eigenvalue weighted by Crippen LogP contribution is 2.13. The van der Waals surface area contributed by atoms with Gasteiger partial charge >= 0.3 is 0 Å². The highest BCUT2D eigenvalue weighted by molar-refractivity contribution is 9.10. The van der Waals surface area contributed by atoms with Crippen molar-refractivity contribution in [1.82, 2.24) is 0 Å². The standard InChI is InChI=1S/C13H8BrO/c14-12-8-6-11(7-9-12)13(15)10-4-2-1-3-5-10/h1-4,6-9H. The SMILES string of the molecule is O=C(c1[c]cccc1)c1ccc(Br)cc1. The Bertz CT molecular complexity index is 460. The van der Waals surface area contributed by atoms with Crippen LogP contribution < -0.4 is 0 Å². The molecule has 2 rings (SSSR count). The summed E-state index contributed by atoms with van der Waals surface area (Å²) in [5.41, 5.74) is 1.28. The summed E-state index contributed by atoms with van der Waals surface area (Å²) in [5, 5.41) is 0. The Morgan fingerprint density at radius 1 is 1.07 bits per heavy atom. The number of hydrogen-bond acceptors (Lipinski definition) is 1. The first-order valence-electron chi connectivity index (χ1n) is 4.54. The second-order valence-electron chi connectivity index (χ2n) is 3.11. The van der Waals surface area contributed by atoms with Crippen LogP contribution in [-0.2, 0) is 0 Å². The number of rotatable bonds is 2. The van der Waals surface area contributed by atoms with E-state index in [2.05, 4.69) is 22.0 Å². The van der Waals surface area contributed by atoms with Gasteiger partial charge in [-0.05, 0) is 30.3 Å². The predicted molar refractivity (Wildman–Crippen MR) is 62.9 cm³/mol. The van der Waals surface area contributed by atoms with E-state index in [1.54, 1.807) is 24.3 Å². The van der Waals surface area contributed by atoms with Crippen LogP contribution in [0.15, 0.2) is 53.0 Å². The van der Waals surface area contributed by atoms with E-state index in [-0.39, 0.29) is 5.78 Å². The molecule has 0 heterocycles. The summed E-state index contributed by atoms with van der Waals surface area (Å²) in [7, 11) is 0. The van der Waals surface area contributed by atoms with Crippen molar-refractivity contribution < 1.29 is 4.79 Å². The van der Waals surface area contributed by atoms with Gasteiger partial charge in [-0.3, -0.25) is 4.79 Å². The van der Waals surface area contributed by atoms with Crippen LogP contribution in [0.25, 0.3) is 0 Å². The fraction of sp³-hybridized carbons (Fsp3) is 0. The zero-order chi connectivity index (χ0) is 10.7. The van der Waals surface area contributed by atoms with E-state index in [4.69, 9.17) is 0 Å². The van der Waals surface area contributed by atoms with Gasteiger partial charge in [0.2, 0.25) is 0 Å². The number of hydrogen-bond donors (Lipinski definition) is 0. The largest absolute Gasteiger partial charge is 0.289 e. The van der Waals surface area contributed by atoms with E-state index in [9.17, 15) is 4.79 Å². The molecule has 0 N–H and O–H groups in total. The van der Waals surface area contributed by atoms with Gasteiger partial charge in [0.25, 0.3) is 0 Å². The molecular formula is C13H8BrO. The molecule has 0 unspecified atom stereocenters. The van der Waals surface area contributed by atoms with E-state index in [0.29, 0.717) is 11.1 Å². The summed E-state index contributed by atoms with van der Waals surface area (Å²) >= 11 is 3.33. The minimum absolute atomic E-state index is 0.00287. The molecule has 0 aromatic heterocycles. The summed E-state index contributed by atoms with van der Waals surface area (Å²) in [6.45, 7) is 0. The lowest BCUT2D eigenvalue weighted by atomic mass is 10.0. The highest BCUT2D eigenvalue weighted by atomic mass is 79.9. The van der Waals surface area contributed by atoms with E-state index in [1.165, 1.54) is 0 Å². The molecule has 15 heavy (non-hydrogen) atoms. The van der Waals surface area contributed by atoms with Gasteiger partial charge in [0.05, 0.1) is 0 Å². The van der Waals surface area contributed by atoms with Crippen LogP contribution in [-0.4, -0.2) is 5.78 Å². The van der Waals surface area contributed by atoms with Gasteiger partial charge in [0.1, 0.15) is 0 Å². The summed E-state index contributed by atoms with van der Waals surface area (Å²) in [6, 6.07) is 17.4. The lowest BCUT2D eigenvalue weighted by molar-refractivity contribution is 0.103. The van der Waals surface area contributed by atoms with E-state index < -0.39 is 0 Å². The number of carbonyl (C=O) groups is 1. The van der Waals surface area contributed by atoms with Gasteiger partial charge in [-0.2, -0.15) is 0 Å². The predicted octanol–water partition coefficient (Wildman–Crippen LogP) is 3.48. The third-order valence-electron chi connectivity index (χ3n) is 2.06. The molecule has 2 aromatic rings. The Morgan fingerprint density at radius 3 is 2.40 bits per heavy atom. The minimum Gasteiger partial charge on any atom is -0.289 e. The fourth-order valence-electron chi connectivity index (χ4n) is 1.29. The first kappa shape index (κ1) is 10.1. The molecule has 1 nitrogen and oxygen atoms in total. The van der Waals surface area contributed by atoms with E-state index >= 15 is 0 Å². The molecule has 0 aliphatic rings. The second-order valence-corrected chi connectivity index (χ2v) is 4.03. The van der Waals surface area contributed by atoms with Crippen molar-refractivity contribution in [3.63, 3.8) is 0 Å². The molecule has 2 heteroatoms. The van der Waals surface area contributed by atoms with Gasteiger partial charge < -0.3 is 0 Å². The molecule has 0 saturated heterocycles. The summed E-state index contributed by atoms with van der Waals surface area (Å²) in [5.74, 6) is 0.00287. The van der Waals surface area contributed by atoms with Crippen molar-refractivity contribution in [2.45, 2.75) is 0 Å². The first-order chi connectivity index (χ1) is 7.27. The summed E-state index contributed by atoms with van der Waals surface area (Å²) < 4.78 is 0.969. The Labute approximate surface area is 96.9 Å². The molecule has 0 aliphatic heterocycles. The van der Waals surface area contributed by atoms with E-state index in [1.807, 2.05) is 24.3 Å². The molecule has 0 amide bonds. The van der Waals surface area contributed by atoms with Crippen LogP contribution in [0.5, 0.6) is 0 Å². The maximum Gasteiger partial charge on any atom is 0.193 e. The molecule has 0 saturated carbocycles. The highest BCUT2D eigenvalue weighted by Gasteiger charge is 2.07. The lowest BCUT2D eigenvalue weighted by Crippen LogP contribution is -2.00. The number of ketones is 1. The van der Waals surface area contributed by atoms with Gasteiger partial charge in [-0.15, -0.1) is 0 Å². The first-order valence-corrected chi connectivity index (χ1v) is 5.33. The van der Waals surface area contributed by atoms with Crippen molar-refractivity contribution in [3.8, 4) is 0 Å². The third-order valence-corrected chi connectivity index (χ3v) is 2.59. The Morgan fingerprint density at radius 2 is 1.80 bits per heavy atom. The third kappa shape index (κ3) is 2.34. The Kier molecular flexibility index (Phi) is 2.97. The molecule has 0 atom stereocenters. The summed E-state index contributed by atoms with van der Waals surface area (Å²) in [6.07, 6.45) is 0. The van der Waals surface area contributed by atoms with Crippen LogP contribution in [0, 0.1) is 6.07 Å². The van der Waals surface area contributed by atoms with Crippen LogP contribution in [0.2, 0.25) is 0 Å². The molecule has 0 aliphatic carbocycles. The zero-order valence-electron chi connectivity index (χ0n) is 7.91. The molecule has 2 aromatic carbocycles. The van der Waals surface area contributed by atoms with Crippen LogP contribution in [0.4, 0.5) is 0 Å². The van der Waals surface area contributed by atoms with Crippen molar-refractivity contribution in [2.24, 2.45) is 0 Å². The Hall–Kier alpha value is -1.41. The topological polar surface area (TPSA) is 17.1 Å². The molecule has 1 radical (unpaired) electrons. The second kappa shape index (κ2) is 4.41.